The summed E-state index contributed by atoms with van der Waals surface area (Å²) in [6.07, 6.45) is 3.85. The van der Waals surface area contributed by atoms with Crippen LogP contribution in [0.4, 0.5) is 0 Å². The number of rotatable bonds is 6. The van der Waals surface area contributed by atoms with Crippen LogP contribution in [0.15, 0.2) is 71.4 Å². The molecule has 2 aromatic carbocycles. The minimum atomic E-state index is 0.553. The second-order valence-corrected chi connectivity index (χ2v) is 7.41. The maximum absolute atomic E-state index is 6.02. The van der Waals surface area contributed by atoms with Crippen LogP contribution >= 0.6 is 0 Å². The van der Waals surface area contributed by atoms with Crippen molar-refractivity contribution in [3.8, 4) is 17.0 Å². The van der Waals surface area contributed by atoms with Gasteiger partial charge in [0.1, 0.15) is 11.4 Å². The van der Waals surface area contributed by atoms with Crippen LogP contribution in [-0.2, 0) is 13.0 Å². The molecular weight excluding hydrogens is 362 g/mol. The van der Waals surface area contributed by atoms with E-state index in [1.807, 2.05) is 36.4 Å². The molecule has 5 nitrogen and oxygen atoms in total. The van der Waals surface area contributed by atoms with Gasteiger partial charge in [0.2, 0.25) is 0 Å². The third-order valence-corrected chi connectivity index (χ3v) is 5.45. The SMILES string of the molecule is c1cc(OCCCN2CCc3ccccc3C2)cc(-c2noc3ncccc23)c1. The molecule has 5 rings (SSSR count). The molecule has 146 valence electrons. The van der Waals surface area contributed by atoms with Crippen LogP contribution < -0.4 is 4.74 Å². The van der Waals surface area contributed by atoms with Gasteiger partial charge in [0, 0.05) is 31.4 Å². The highest BCUT2D eigenvalue weighted by atomic mass is 16.5. The van der Waals surface area contributed by atoms with E-state index in [-0.39, 0.29) is 0 Å². The van der Waals surface area contributed by atoms with Crippen molar-refractivity contribution in [2.24, 2.45) is 0 Å². The van der Waals surface area contributed by atoms with Crippen LogP contribution in [0.2, 0.25) is 0 Å². The summed E-state index contributed by atoms with van der Waals surface area (Å²) in [5.41, 5.74) is 5.28. The summed E-state index contributed by atoms with van der Waals surface area (Å²) in [7, 11) is 0. The Labute approximate surface area is 169 Å². The quantitative estimate of drug-likeness (QED) is 0.450. The zero-order valence-corrected chi connectivity index (χ0v) is 16.3. The maximum Gasteiger partial charge on any atom is 0.258 e. The van der Waals surface area contributed by atoms with E-state index in [1.165, 1.54) is 11.1 Å². The van der Waals surface area contributed by atoms with Crippen LogP contribution in [-0.4, -0.2) is 34.7 Å². The largest absolute Gasteiger partial charge is 0.494 e. The molecule has 3 heterocycles. The molecule has 0 N–H and O–H groups in total. The molecule has 0 unspecified atom stereocenters. The summed E-state index contributed by atoms with van der Waals surface area (Å²) in [4.78, 5) is 6.71. The number of hydrogen-bond acceptors (Lipinski definition) is 5. The first-order valence-corrected chi connectivity index (χ1v) is 10.1. The summed E-state index contributed by atoms with van der Waals surface area (Å²) in [5.74, 6) is 0.853. The molecule has 5 heteroatoms. The number of ether oxygens (including phenoxy) is 1. The monoisotopic (exact) mass is 385 g/mol. The molecule has 0 saturated carbocycles. The lowest BCUT2D eigenvalue weighted by molar-refractivity contribution is 0.221. The molecule has 0 fully saturated rings. The van der Waals surface area contributed by atoms with E-state index in [9.17, 15) is 0 Å². The number of hydrogen-bond donors (Lipinski definition) is 0. The molecule has 0 saturated heterocycles. The van der Waals surface area contributed by atoms with Gasteiger partial charge in [-0.05, 0) is 48.2 Å². The van der Waals surface area contributed by atoms with Gasteiger partial charge < -0.3 is 9.26 Å². The molecule has 0 aliphatic carbocycles. The van der Waals surface area contributed by atoms with Gasteiger partial charge in [0.05, 0.1) is 12.0 Å². The molecule has 1 aliphatic heterocycles. The van der Waals surface area contributed by atoms with Crippen molar-refractivity contribution in [2.45, 2.75) is 19.4 Å². The van der Waals surface area contributed by atoms with Crippen molar-refractivity contribution in [1.29, 1.82) is 0 Å². The van der Waals surface area contributed by atoms with E-state index in [0.717, 1.165) is 54.9 Å². The van der Waals surface area contributed by atoms with E-state index in [4.69, 9.17) is 9.26 Å². The summed E-state index contributed by atoms with van der Waals surface area (Å²) >= 11 is 0. The fourth-order valence-electron chi connectivity index (χ4n) is 3.95. The lowest BCUT2D eigenvalue weighted by atomic mass is 10.00. The normalized spacial score (nSPS) is 14.1. The van der Waals surface area contributed by atoms with Gasteiger partial charge in [0.15, 0.2) is 0 Å². The standard InChI is InChI=1S/C24H23N3O2/c1-2-7-20-17-27(14-11-18(20)6-1)13-5-15-28-21-9-3-8-19(16-21)23-22-10-4-12-25-24(22)29-26-23/h1-4,6-10,12,16H,5,11,13-15,17H2. The fourth-order valence-corrected chi connectivity index (χ4v) is 3.95. The Morgan fingerprint density at radius 3 is 2.90 bits per heavy atom. The van der Waals surface area contributed by atoms with Gasteiger partial charge in [-0.3, -0.25) is 4.90 Å². The predicted molar refractivity (Wildman–Crippen MR) is 113 cm³/mol. The van der Waals surface area contributed by atoms with Crippen molar-refractivity contribution in [1.82, 2.24) is 15.0 Å². The topological polar surface area (TPSA) is 51.4 Å². The van der Waals surface area contributed by atoms with Crippen LogP contribution in [0, 0.1) is 0 Å². The van der Waals surface area contributed by atoms with Crippen molar-refractivity contribution < 1.29 is 9.26 Å². The zero-order chi connectivity index (χ0) is 19.5. The highest BCUT2D eigenvalue weighted by Gasteiger charge is 2.15. The second-order valence-electron chi connectivity index (χ2n) is 7.41. The molecule has 0 atom stereocenters. The molecule has 0 radical (unpaired) electrons. The highest BCUT2D eigenvalue weighted by molar-refractivity contribution is 5.89. The van der Waals surface area contributed by atoms with Gasteiger partial charge in [-0.15, -0.1) is 0 Å². The Morgan fingerprint density at radius 2 is 1.93 bits per heavy atom. The lowest BCUT2D eigenvalue weighted by Crippen LogP contribution is -2.31. The van der Waals surface area contributed by atoms with Crippen molar-refractivity contribution in [2.75, 3.05) is 19.7 Å². The molecule has 4 aromatic rings. The molecule has 0 amide bonds. The van der Waals surface area contributed by atoms with Crippen LogP contribution in [0.5, 0.6) is 5.75 Å². The zero-order valence-electron chi connectivity index (χ0n) is 16.3. The molecule has 1 aliphatic rings. The van der Waals surface area contributed by atoms with E-state index in [1.54, 1.807) is 6.20 Å². The Morgan fingerprint density at radius 1 is 1.00 bits per heavy atom. The molecule has 29 heavy (non-hydrogen) atoms. The molecule has 0 bridgehead atoms. The Kier molecular flexibility index (Phi) is 4.97. The molecular formula is C24H23N3O2. The number of benzene rings is 2. The Bertz CT molecular complexity index is 1120. The van der Waals surface area contributed by atoms with Gasteiger partial charge in [-0.1, -0.05) is 41.6 Å². The summed E-state index contributed by atoms with van der Waals surface area (Å²) < 4.78 is 11.3. The average molecular weight is 385 g/mol. The van der Waals surface area contributed by atoms with Crippen LogP contribution in [0.3, 0.4) is 0 Å². The minimum absolute atomic E-state index is 0.553. The first-order valence-electron chi connectivity index (χ1n) is 10.1. The van der Waals surface area contributed by atoms with Gasteiger partial charge >= 0.3 is 0 Å². The number of fused-ring (bicyclic) bond motifs is 2. The van der Waals surface area contributed by atoms with E-state index < -0.39 is 0 Å². The third-order valence-electron chi connectivity index (χ3n) is 5.45. The number of aromatic nitrogens is 2. The Hall–Kier alpha value is -3.18. The van der Waals surface area contributed by atoms with Crippen LogP contribution in [0.1, 0.15) is 17.5 Å². The van der Waals surface area contributed by atoms with E-state index in [0.29, 0.717) is 12.3 Å². The smallest absolute Gasteiger partial charge is 0.258 e. The number of nitrogens with zero attached hydrogens (tertiary/aromatic N) is 3. The summed E-state index contributed by atoms with van der Waals surface area (Å²) in [6.45, 7) is 3.91. The number of pyridine rings is 1. The first kappa shape index (κ1) is 17.9. The second kappa shape index (κ2) is 8.05. The minimum Gasteiger partial charge on any atom is -0.494 e. The van der Waals surface area contributed by atoms with Crippen molar-refractivity contribution in [3.05, 3.63) is 78.0 Å². The third kappa shape index (κ3) is 3.87. The predicted octanol–water partition coefficient (Wildman–Crippen LogP) is 4.72. The van der Waals surface area contributed by atoms with Gasteiger partial charge in [0.25, 0.3) is 5.71 Å². The van der Waals surface area contributed by atoms with Crippen LogP contribution in [0.25, 0.3) is 22.4 Å². The average Bonchev–Trinajstić information content (AvgIpc) is 3.21. The summed E-state index contributed by atoms with van der Waals surface area (Å²) in [5, 5.41) is 5.10. The van der Waals surface area contributed by atoms with Gasteiger partial charge in [-0.2, -0.15) is 0 Å². The van der Waals surface area contributed by atoms with Crippen molar-refractivity contribution in [3.63, 3.8) is 0 Å². The lowest BCUT2D eigenvalue weighted by Gasteiger charge is -2.28. The van der Waals surface area contributed by atoms with E-state index >= 15 is 0 Å². The van der Waals surface area contributed by atoms with Crippen molar-refractivity contribution >= 4 is 11.1 Å². The Balaban J connectivity index is 1.18. The summed E-state index contributed by atoms with van der Waals surface area (Å²) in [6, 6.07) is 20.6. The van der Waals surface area contributed by atoms with E-state index in [2.05, 4.69) is 39.3 Å². The molecule has 0 spiro atoms. The first-order chi connectivity index (χ1) is 14.4. The fraction of sp³-hybridized carbons (Fsp3) is 0.250. The molecule has 2 aromatic heterocycles. The highest BCUT2D eigenvalue weighted by Crippen LogP contribution is 2.29. The maximum atomic E-state index is 6.02. The van der Waals surface area contributed by atoms with Gasteiger partial charge in [-0.25, -0.2) is 4.98 Å².